The topological polar surface area (TPSA) is 93.6 Å². The van der Waals surface area contributed by atoms with E-state index in [0.29, 0.717) is 46.3 Å². The molecule has 0 radical (unpaired) electrons. The van der Waals surface area contributed by atoms with E-state index >= 15 is 0 Å². The summed E-state index contributed by atoms with van der Waals surface area (Å²) in [7, 11) is 0. The van der Waals surface area contributed by atoms with Gasteiger partial charge in [0.15, 0.2) is 12.4 Å². The van der Waals surface area contributed by atoms with Crippen LogP contribution in [0.1, 0.15) is 33.6 Å². The van der Waals surface area contributed by atoms with Crippen molar-refractivity contribution in [2.24, 2.45) is 11.8 Å². The third kappa shape index (κ3) is 4.75. The lowest BCUT2D eigenvalue weighted by molar-refractivity contribution is -0.122. The molecule has 4 aromatic rings. The number of carbonyl (C=O) groups excluding carboxylic acids is 4. The molecule has 1 aliphatic carbocycles. The van der Waals surface area contributed by atoms with Crippen molar-refractivity contribution in [3.05, 3.63) is 107 Å². The molecule has 3 aromatic carbocycles. The van der Waals surface area contributed by atoms with Gasteiger partial charge in [-0.05, 0) is 49.2 Å². The summed E-state index contributed by atoms with van der Waals surface area (Å²) < 4.78 is 6.19. The molecule has 1 aliphatic heterocycles. The van der Waals surface area contributed by atoms with Crippen molar-refractivity contribution in [3.8, 4) is 11.3 Å². The molecule has 2 aliphatic rings. The molecule has 8 heteroatoms. The van der Waals surface area contributed by atoms with E-state index in [1.165, 1.54) is 4.90 Å². The smallest absolute Gasteiger partial charge is 0.339 e. The molecule has 0 N–H and O–H groups in total. The minimum absolute atomic E-state index is 0.170. The molecule has 0 bridgehead atoms. The number of pyridine rings is 1. The molecule has 40 heavy (non-hydrogen) atoms. The van der Waals surface area contributed by atoms with Gasteiger partial charge < -0.3 is 4.74 Å². The van der Waals surface area contributed by atoms with Crippen LogP contribution in [-0.4, -0.2) is 35.2 Å². The SMILES string of the molecule is O=C(COC(=O)c1cc(-c2ccc(N3C(=O)[C@H]4CC=CC[C@@H]4C3=O)cc2)nc2ccc(Br)cc12)c1ccccc1. The Morgan fingerprint density at radius 3 is 2.23 bits per heavy atom. The number of benzene rings is 3. The van der Waals surface area contributed by atoms with Crippen molar-refractivity contribution in [1.29, 1.82) is 0 Å². The second kappa shape index (κ2) is 10.6. The molecular formula is C32H23BrN2O5. The Morgan fingerprint density at radius 1 is 0.875 bits per heavy atom. The summed E-state index contributed by atoms with van der Waals surface area (Å²) in [5.41, 5.74) is 3.03. The third-order valence-corrected chi connectivity index (χ3v) is 7.84. The fourth-order valence-electron chi connectivity index (χ4n) is 5.27. The molecule has 1 fully saturated rings. The van der Waals surface area contributed by atoms with E-state index < -0.39 is 5.97 Å². The maximum atomic E-state index is 13.2. The van der Waals surface area contributed by atoms with Gasteiger partial charge in [0.05, 0.1) is 34.3 Å². The number of ether oxygens (including phenoxy) is 1. The predicted molar refractivity (Wildman–Crippen MR) is 154 cm³/mol. The Balaban J connectivity index is 1.29. The summed E-state index contributed by atoms with van der Waals surface area (Å²) >= 11 is 3.45. The molecule has 0 unspecified atom stereocenters. The van der Waals surface area contributed by atoms with Crippen LogP contribution in [0, 0.1) is 11.8 Å². The van der Waals surface area contributed by atoms with Crippen molar-refractivity contribution in [1.82, 2.24) is 4.98 Å². The number of ketones is 1. The van der Waals surface area contributed by atoms with Crippen LogP contribution in [0.5, 0.6) is 0 Å². The summed E-state index contributed by atoms with van der Waals surface area (Å²) in [6, 6.07) is 22.7. The number of fused-ring (bicyclic) bond motifs is 2. The molecule has 7 nitrogen and oxygen atoms in total. The molecule has 0 spiro atoms. The van der Waals surface area contributed by atoms with E-state index in [1.54, 1.807) is 66.7 Å². The number of nitrogens with zero attached hydrogens (tertiary/aromatic N) is 2. The Morgan fingerprint density at radius 2 is 1.55 bits per heavy atom. The molecule has 6 rings (SSSR count). The van der Waals surface area contributed by atoms with Gasteiger partial charge >= 0.3 is 5.97 Å². The summed E-state index contributed by atoms with van der Waals surface area (Å²) in [6.07, 6.45) is 5.08. The lowest BCUT2D eigenvalue weighted by Crippen LogP contribution is -2.30. The van der Waals surface area contributed by atoms with Crippen LogP contribution in [0.3, 0.4) is 0 Å². The van der Waals surface area contributed by atoms with Crippen LogP contribution in [0.25, 0.3) is 22.2 Å². The molecule has 0 saturated carbocycles. The van der Waals surface area contributed by atoms with Crippen LogP contribution in [0.2, 0.25) is 0 Å². The number of aromatic nitrogens is 1. The normalized spacial score (nSPS) is 18.2. The maximum Gasteiger partial charge on any atom is 0.339 e. The fourth-order valence-corrected chi connectivity index (χ4v) is 5.63. The fraction of sp³-hybridized carbons (Fsp3) is 0.156. The van der Waals surface area contributed by atoms with Crippen molar-refractivity contribution in [2.45, 2.75) is 12.8 Å². The highest BCUT2D eigenvalue weighted by atomic mass is 79.9. The van der Waals surface area contributed by atoms with Gasteiger partial charge in [0, 0.05) is 21.0 Å². The average molecular weight is 595 g/mol. The second-order valence-corrected chi connectivity index (χ2v) is 10.7. The van der Waals surface area contributed by atoms with Gasteiger partial charge in [0.2, 0.25) is 11.8 Å². The Kier molecular flexibility index (Phi) is 6.86. The van der Waals surface area contributed by atoms with Crippen molar-refractivity contribution in [2.75, 3.05) is 11.5 Å². The Bertz CT molecular complexity index is 1670. The zero-order chi connectivity index (χ0) is 27.8. The first-order valence-corrected chi connectivity index (χ1v) is 13.7. The van der Waals surface area contributed by atoms with Gasteiger partial charge in [0.25, 0.3) is 0 Å². The summed E-state index contributed by atoms with van der Waals surface area (Å²) in [4.78, 5) is 57.7. The minimum atomic E-state index is -0.642. The number of esters is 1. The third-order valence-electron chi connectivity index (χ3n) is 7.35. The number of hydrogen-bond acceptors (Lipinski definition) is 6. The maximum absolute atomic E-state index is 13.2. The number of halogens is 1. The number of amides is 2. The molecule has 2 atom stereocenters. The van der Waals surface area contributed by atoms with E-state index in [9.17, 15) is 19.2 Å². The van der Waals surface area contributed by atoms with E-state index in [1.807, 2.05) is 24.3 Å². The number of allylic oxidation sites excluding steroid dienone is 2. The molecule has 2 heterocycles. The second-order valence-electron chi connectivity index (χ2n) is 9.80. The number of hydrogen-bond donors (Lipinski definition) is 0. The highest BCUT2D eigenvalue weighted by Crippen LogP contribution is 2.38. The lowest BCUT2D eigenvalue weighted by atomic mass is 9.85. The van der Waals surface area contributed by atoms with Gasteiger partial charge in [-0.15, -0.1) is 0 Å². The monoisotopic (exact) mass is 594 g/mol. The van der Waals surface area contributed by atoms with Gasteiger partial charge in [-0.25, -0.2) is 9.78 Å². The van der Waals surface area contributed by atoms with Gasteiger partial charge in [-0.1, -0.05) is 70.5 Å². The number of anilines is 1. The molecule has 198 valence electrons. The average Bonchev–Trinajstić information content (AvgIpc) is 3.25. The van der Waals surface area contributed by atoms with Crippen molar-refractivity contribution < 1.29 is 23.9 Å². The molecule has 2 amide bonds. The van der Waals surface area contributed by atoms with Crippen molar-refractivity contribution >= 4 is 56.1 Å². The van der Waals surface area contributed by atoms with E-state index in [0.717, 1.165) is 4.47 Å². The largest absolute Gasteiger partial charge is 0.454 e. The highest BCUT2D eigenvalue weighted by molar-refractivity contribution is 9.10. The Labute approximate surface area is 238 Å². The predicted octanol–water partition coefficient (Wildman–Crippen LogP) is 6.16. The lowest BCUT2D eigenvalue weighted by Gasteiger charge is -2.15. The standard InChI is InChI=1S/C32H23BrN2O5/c33-21-12-15-27-25(16-21)26(32(39)40-18-29(36)20-6-2-1-3-7-20)17-28(34-27)19-10-13-22(14-11-19)35-30(37)23-8-4-5-9-24(23)31(35)38/h1-7,10-17,23-24H,8-9,18H2/t23-,24-/m0/s1. The van der Waals surface area contributed by atoms with Crippen LogP contribution in [0.15, 0.2) is 95.5 Å². The number of Topliss-reactive ketones (excluding diaryl/α,β-unsaturated/α-hetero) is 1. The first kappa shape index (κ1) is 25.8. The first-order chi connectivity index (χ1) is 19.4. The first-order valence-electron chi connectivity index (χ1n) is 12.9. The van der Waals surface area contributed by atoms with Gasteiger partial charge in [-0.3, -0.25) is 19.3 Å². The minimum Gasteiger partial charge on any atom is -0.454 e. The van der Waals surface area contributed by atoms with Crippen LogP contribution in [0.4, 0.5) is 5.69 Å². The van der Waals surface area contributed by atoms with Crippen LogP contribution >= 0.6 is 15.9 Å². The van der Waals surface area contributed by atoms with Gasteiger partial charge in [0.1, 0.15) is 0 Å². The molecule has 1 saturated heterocycles. The Hall–Kier alpha value is -4.43. The zero-order valence-electron chi connectivity index (χ0n) is 21.2. The van der Waals surface area contributed by atoms with E-state index in [2.05, 4.69) is 15.9 Å². The zero-order valence-corrected chi connectivity index (χ0v) is 22.8. The van der Waals surface area contributed by atoms with E-state index in [4.69, 9.17) is 9.72 Å². The van der Waals surface area contributed by atoms with E-state index in [-0.39, 0.29) is 41.6 Å². The summed E-state index contributed by atoms with van der Waals surface area (Å²) in [6.45, 7) is -0.389. The number of carbonyl (C=O) groups is 4. The quantitative estimate of drug-likeness (QED) is 0.115. The van der Waals surface area contributed by atoms with Crippen LogP contribution in [-0.2, 0) is 14.3 Å². The highest BCUT2D eigenvalue weighted by Gasteiger charge is 2.47. The summed E-state index contributed by atoms with van der Waals surface area (Å²) in [5.74, 6) is -1.89. The molecule has 1 aromatic heterocycles. The number of imide groups is 1. The van der Waals surface area contributed by atoms with Crippen LogP contribution < -0.4 is 4.90 Å². The van der Waals surface area contributed by atoms with Crippen molar-refractivity contribution in [3.63, 3.8) is 0 Å². The molecular weight excluding hydrogens is 572 g/mol. The van der Waals surface area contributed by atoms with Gasteiger partial charge in [-0.2, -0.15) is 0 Å². The number of rotatable bonds is 6. The summed E-state index contributed by atoms with van der Waals surface area (Å²) in [5, 5.41) is 0.580.